The number of carboxylic acids is 1. The lowest BCUT2D eigenvalue weighted by Gasteiger charge is -2.28. The highest BCUT2D eigenvalue weighted by atomic mass is 16.4. The van der Waals surface area contributed by atoms with Gasteiger partial charge in [-0.25, -0.2) is 9.59 Å². The van der Waals surface area contributed by atoms with Gasteiger partial charge in [-0.1, -0.05) is 13.8 Å². The van der Waals surface area contributed by atoms with Crippen LogP contribution >= 0.6 is 0 Å². The average molecular weight is 271 g/mol. The number of aliphatic carboxylic acids is 1. The van der Waals surface area contributed by atoms with E-state index in [0.29, 0.717) is 19.0 Å². The number of urea groups is 1. The number of hydrogen-bond acceptors (Lipinski definition) is 3. The van der Waals surface area contributed by atoms with Crippen LogP contribution in [0.3, 0.4) is 0 Å². The number of carbonyl (C=O) groups is 2. The molecule has 1 aliphatic heterocycles. The summed E-state index contributed by atoms with van der Waals surface area (Å²) in [4.78, 5) is 26.8. The molecule has 0 aliphatic carbocycles. The Morgan fingerprint density at radius 3 is 2.68 bits per heavy atom. The summed E-state index contributed by atoms with van der Waals surface area (Å²) in [6, 6.07) is -0.719. The Bertz CT molecular complexity index is 322. The lowest BCUT2D eigenvalue weighted by atomic mass is 10.2. The summed E-state index contributed by atoms with van der Waals surface area (Å²) in [6.45, 7) is 6.59. The number of likely N-dealkylation sites (tertiary alicyclic amines) is 1. The molecule has 0 bridgehead atoms. The van der Waals surface area contributed by atoms with E-state index in [1.54, 1.807) is 18.9 Å². The highest BCUT2D eigenvalue weighted by Crippen LogP contribution is 2.17. The third kappa shape index (κ3) is 4.38. The van der Waals surface area contributed by atoms with Crippen LogP contribution in [0.4, 0.5) is 4.79 Å². The molecule has 1 unspecified atom stereocenters. The summed E-state index contributed by atoms with van der Waals surface area (Å²) in [5.41, 5.74) is 0. The summed E-state index contributed by atoms with van der Waals surface area (Å²) >= 11 is 0. The first-order valence-corrected chi connectivity index (χ1v) is 6.98. The molecule has 0 saturated carbocycles. The molecule has 6 nitrogen and oxygen atoms in total. The first-order chi connectivity index (χ1) is 8.99. The Morgan fingerprint density at radius 2 is 2.16 bits per heavy atom. The number of likely N-dealkylation sites (N-methyl/N-ethyl adjacent to an activating group) is 2. The number of nitrogens with zero attached hydrogens (tertiary/aromatic N) is 2. The van der Waals surface area contributed by atoms with Crippen LogP contribution in [0.15, 0.2) is 0 Å². The van der Waals surface area contributed by atoms with Gasteiger partial charge in [0.25, 0.3) is 0 Å². The molecule has 0 spiro atoms. The lowest BCUT2D eigenvalue weighted by Crippen LogP contribution is -2.49. The van der Waals surface area contributed by atoms with Crippen molar-refractivity contribution in [3.05, 3.63) is 0 Å². The molecular formula is C13H25N3O3. The maximum Gasteiger partial charge on any atom is 0.326 e. The minimum atomic E-state index is -0.986. The van der Waals surface area contributed by atoms with Crippen molar-refractivity contribution in [3.63, 3.8) is 0 Å². The maximum atomic E-state index is 11.9. The number of amides is 2. The van der Waals surface area contributed by atoms with Crippen molar-refractivity contribution in [1.29, 1.82) is 0 Å². The Hall–Kier alpha value is -1.30. The monoisotopic (exact) mass is 271 g/mol. The van der Waals surface area contributed by atoms with Crippen molar-refractivity contribution < 1.29 is 14.7 Å². The molecule has 0 aromatic heterocycles. The van der Waals surface area contributed by atoms with Crippen molar-refractivity contribution in [1.82, 2.24) is 15.1 Å². The second-order valence-corrected chi connectivity index (χ2v) is 5.05. The predicted octanol–water partition coefficient (Wildman–Crippen LogP) is 0.975. The highest BCUT2D eigenvalue weighted by Gasteiger charge is 2.26. The van der Waals surface area contributed by atoms with E-state index < -0.39 is 12.0 Å². The summed E-state index contributed by atoms with van der Waals surface area (Å²) in [6.07, 6.45) is 2.65. The molecule has 19 heavy (non-hydrogen) atoms. The molecule has 1 saturated heterocycles. The fourth-order valence-electron chi connectivity index (χ4n) is 2.51. The van der Waals surface area contributed by atoms with Crippen LogP contribution < -0.4 is 5.32 Å². The molecule has 1 aliphatic rings. The molecule has 1 fully saturated rings. The molecule has 1 heterocycles. The largest absolute Gasteiger partial charge is 0.480 e. The van der Waals surface area contributed by atoms with Crippen LogP contribution in [0.5, 0.6) is 0 Å². The van der Waals surface area contributed by atoms with Crippen molar-refractivity contribution in [2.75, 3.05) is 26.7 Å². The van der Waals surface area contributed by atoms with Crippen LogP contribution in [0, 0.1) is 0 Å². The van der Waals surface area contributed by atoms with Gasteiger partial charge in [0.05, 0.1) is 0 Å². The zero-order chi connectivity index (χ0) is 14.4. The van der Waals surface area contributed by atoms with Crippen LogP contribution in [-0.2, 0) is 4.79 Å². The molecule has 0 radical (unpaired) electrons. The Balaban J connectivity index is 2.46. The van der Waals surface area contributed by atoms with Crippen LogP contribution in [-0.4, -0.2) is 65.7 Å². The smallest absolute Gasteiger partial charge is 0.326 e. The van der Waals surface area contributed by atoms with Gasteiger partial charge >= 0.3 is 12.0 Å². The summed E-state index contributed by atoms with van der Waals surface area (Å²) < 4.78 is 0. The Labute approximate surface area is 114 Å². The summed E-state index contributed by atoms with van der Waals surface area (Å²) in [5, 5.41) is 11.5. The number of nitrogens with one attached hydrogen (secondary N) is 1. The van der Waals surface area contributed by atoms with Crippen molar-refractivity contribution in [2.24, 2.45) is 0 Å². The third-order valence-electron chi connectivity index (χ3n) is 3.74. The normalized spacial score (nSPS) is 21.1. The number of carbonyl (C=O) groups excluding carboxylic acids is 1. The quantitative estimate of drug-likeness (QED) is 0.755. The molecule has 2 amide bonds. The van der Waals surface area contributed by atoms with Gasteiger partial charge in [-0.2, -0.15) is 0 Å². The zero-order valence-electron chi connectivity index (χ0n) is 12.1. The zero-order valence-corrected chi connectivity index (χ0v) is 12.1. The number of carboxylic acid groups (broad SMARTS) is 1. The lowest BCUT2D eigenvalue weighted by molar-refractivity contribution is -0.139. The van der Waals surface area contributed by atoms with Gasteiger partial charge in [-0.15, -0.1) is 0 Å². The maximum absolute atomic E-state index is 11.9. The van der Waals surface area contributed by atoms with Crippen molar-refractivity contribution in [2.45, 2.75) is 45.2 Å². The van der Waals surface area contributed by atoms with Gasteiger partial charge in [0, 0.05) is 19.6 Å². The van der Waals surface area contributed by atoms with E-state index in [9.17, 15) is 9.59 Å². The second kappa shape index (κ2) is 7.33. The van der Waals surface area contributed by atoms with E-state index in [4.69, 9.17) is 5.11 Å². The van der Waals surface area contributed by atoms with E-state index in [1.807, 2.05) is 0 Å². The van der Waals surface area contributed by atoms with Crippen LogP contribution in [0.1, 0.15) is 33.1 Å². The van der Waals surface area contributed by atoms with Gasteiger partial charge in [-0.3, -0.25) is 4.90 Å². The summed E-state index contributed by atoms with van der Waals surface area (Å²) in [7, 11) is 1.72. The van der Waals surface area contributed by atoms with Gasteiger partial charge in [0.1, 0.15) is 6.04 Å². The van der Waals surface area contributed by atoms with Crippen LogP contribution in [0.2, 0.25) is 0 Å². The SMILES string of the molecule is CC[C@H](NC(=O)N(C)CC1CCCN1CC)C(=O)O. The first kappa shape index (κ1) is 15.8. The molecule has 110 valence electrons. The standard InChI is InChI=1S/C13H25N3O3/c1-4-11(12(17)18)14-13(19)15(3)9-10-7-6-8-16(10)5-2/h10-11H,4-9H2,1-3H3,(H,14,19)(H,17,18)/t10?,11-/m0/s1. The minimum absolute atomic E-state index is 0.308. The number of hydrogen-bond donors (Lipinski definition) is 2. The predicted molar refractivity (Wildman–Crippen MR) is 73.1 cm³/mol. The average Bonchev–Trinajstić information content (AvgIpc) is 2.82. The van der Waals surface area contributed by atoms with Gasteiger partial charge in [-0.05, 0) is 32.4 Å². The fraction of sp³-hybridized carbons (Fsp3) is 0.846. The fourth-order valence-corrected chi connectivity index (χ4v) is 2.51. The molecular weight excluding hydrogens is 246 g/mol. The van der Waals surface area contributed by atoms with Crippen molar-refractivity contribution in [3.8, 4) is 0 Å². The van der Waals surface area contributed by atoms with Gasteiger partial charge in [0.15, 0.2) is 0 Å². The van der Waals surface area contributed by atoms with E-state index in [2.05, 4.69) is 17.1 Å². The van der Waals surface area contributed by atoms with Crippen molar-refractivity contribution >= 4 is 12.0 Å². The molecule has 0 aromatic rings. The van der Waals surface area contributed by atoms with E-state index in [0.717, 1.165) is 19.5 Å². The molecule has 6 heteroatoms. The van der Waals surface area contributed by atoms with E-state index in [1.165, 1.54) is 6.42 Å². The molecule has 0 aromatic carbocycles. The molecule has 2 atom stereocenters. The first-order valence-electron chi connectivity index (χ1n) is 6.98. The number of rotatable bonds is 6. The summed E-state index contributed by atoms with van der Waals surface area (Å²) in [5.74, 6) is -0.986. The van der Waals surface area contributed by atoms with Gasteiger partial charge < -0.3 is 15.3 Å². The topological polar surface area (TPSA) is 72.9 Å². The molecule has 2 N–H and O–H groups in total. The second-order valence-electron chi connectivity index (χ2n) is 5.05. The highest BCUT2D eigenvalue weighted by molar-refractivity contribution is 5.82. The third-order valence-corrected chi connectivity index (χ3v) is 3.74. The van der Waals surface area contributed by atoms with E-state index in [-0.39, 0.29) is 6.03 Å². The Morgan fingerprint density at radius 1 is 1.47 bits per heavy atom. The Kier molecular flexibility index (Phi) is 6.08. The van der Waals surface area contributed by atoms with Crippen LogP contribution in [0.25, 0.3) is 0 Å². The molecule has 1 rings (SSSR count). The van der Waals surface area contributed by atoms with Gasteiger partial charge in [0.2, 0.25) is 0 Å². The van der Waals surface area contributed by atoms with E-state index >= 15 is 0 Å². The minimum Gasteiger partial charge on any atom is -0.480 e.